The lowest BCUT2D eigenvalue weighted by molar-refractivity contribution is -0.136. The molecule has 92 valence electrons. The fourth-order valence-electron chi connectivity index (χ4n) is 0. The Bertz CT molecular complexity index is 106. The first kappa shape index (κ1) is 38.7. The molecule has 0 bridgehead atoms. The zero-order valence-corrected chi connectivity index (χ0v) is 8.11. The normalized spacial score (nSPS) is 5.29. The highest BCUT2D eigenvalue weighted by molar-refractivity contribution is 5.68. The molecule has 0 radical (unpaired) electrons. The molecule has 0 atom stereocenters. The van der Waals surface area contributed by atoms with Crippen molar-refractivity contribution in [2.75, 3.05) is 13.1 Å². The van der Waals surface area contributed by atoms with Gasteiger partial charge in [-0.1, -0.05) is 0 Å². The topological polar surface area (TPSA) is 267 Å². The van der Waals surface area contributed by atoms with E-state index in [4.69, 9.17) is 10.2 Å². The van der Waals surface area contributed by atoms with Gasteiger partial charge < -0.3 is 46.3 Å². The van der Waals surface area contributed by atoms with Crippen LogP contribution in [0, 0.1) is 0 Å². The van der Waals surface area contributed by atoms with Crippen LogP contribution in [0.4, 0.5) is 0 Å². The lowest BCUT2D eigenvalue weighted by Crippen LogP contribution is -2.10. The Hall–Kier alpha value is -1.30. The molecule has 0 heterocycles. The number of hydrogen-bond acceptors (Lipinski definition) is 8. The zero-order valence-electron chi connectivity index (χ0n) is 8.11. The smallest absolute Gasteiger partial charge is 0.317 e. The van der Waals surface area contributed by atoms with Crippen molar-refractivity contribution in [3.8, 4) is 0 Å². The molecule has 0 saturated heterocycles. The maximum absolute atomic E-state index is 9.24. The van der Waals surface area contributed by atoms with Gasteiger partial charge in [-0.3, -0.25) is 9.59 Å². The molecule has 0 aliphatic rings. The molecule has 0 aliphatic carbocycles. The first-order valence-corrected chi connectivity index (χ1v) is 2.38. The summed E-state index contributed by atoms with van der Waals surface area (Å²) in [7, 11) is 0. The van der Waals surface area contributed by atoms with Crippen molar-refractivity contribution in [3.63, 3.8) is 0 Å². The third-order valence-corrected chi connectivity index (χ3v) is 0.349. The van der Waals surface area contributed by atoms with Gasteiger partial charge in [-0.05, 0) is 0 Å². The summed E-state index contributed by atoms with van der Waals surface area (Å²) in [6, 6.07) is 0. The Balaban J connectivity index is -0.0000000178. The molecule has 0 aliphatic heterocycles. The second-order valence-electron chi connectivity index (χ2n) is 1.20. The van der Waals surface area contributed by atoms with Crippen LogP contribution in [0.2, 0.25) is 0 Å². The van der Waals surface area contributed by atoms with Crippen molar-refractivity contribution in [1.82, 2.24) is 24.6 Å². The predicted octanol–water partition coefficient (Wildman–Crippen LogP) is -1.29. The van der Waals surface area contributed by atoms with Gasteiger partial charge in [-0.2, -0.15) is 0 Å². The highest BCUT2D eigenvalue weighted by atomic mass is 16.4. The minimum absolute atomic E-state index is 0. The van der Waals surface area contributed by atoms with Crippen molar-refractivity contribution < 1.29 is 19.8 Å². The Kier molecular flexibility index (Phi) is 82.5. The minimum atomic E-state index is -0.968. The van der Waals surface area contributed by atoms with Crippen LogP contribution in [0.3, 0.4) is 0 Å². The van der Waals surface area contributed by atoms with Gasteiger partial charge in [0.25, 0.3) is 0 Å². The lowest BCUT2D eigenvalue weighted by Gasteiger charge is -1.73. The number of rotatable bonds is 2. The van der Waals surface area contributed by atoms with Gasteiger partial charge in [0, 0.05) is 0 Å². The Morgan fingerprint density at radius 2 is 0.857 bits per heavy atom. The van der Waals surface area contributed by atoms with Gasteiger partial charge in [0.05, 0.1) is 13.1 Å². The van der Waals surface area contributed by atoms with Gasteiger partial charge in [0.1, 0.15) is 0 Å². The monoisotopic (exact) mass is 218 g/mol. The summed E-state index contributed by atoms with van der Waals surface area (Å²) in [5, 5.41) is 15.2. The third-order valence-electron chi connectivity index (χ3n) is 0.349. The van der Waals surface area contributed by atoms with Crippen molar-refractivity contribution in [3.05, 3.63) is 0 Å². The molecule has 0 spiro atoms. The second-order valence-corrected chi connectivity index (χ2v) is 1.20. The van der Waals surface area contributed by atoms with E-state index in [-0.39, 0.29) is 37.7 Å². The molecule has 0 aromatic carbocycles. The van der Waals surface area contributed by atoms with E-state index in [1.54, 1.807) is 0 Å². The van der Waals surface area contributed by atoms with Crippen molar-refractivity contribution in [2.45, 2.75) is 0 Å². The van der Waals surface area contributed by atoms with Crippen molar-refractivity contribution in [2.24, 2.45) is 11.5 Å². The standard InChI is InChI=1S/2C2H5NO2.4H3N/c2*3-1-2(4)5;;;;/h2*1,3H2,(H,4,5);4*1H3. The predicted molar refractivity (Wildman–Crippen MR) is 53.5 cm³/mol. The van der Waals surface area contributed by atoms with E-state index < -0.39 is 11.9 Å². The molecule has 0 fully saturated rings. The largest absolute Gasteiger partial charge is 0.480 e. The van der Waals surface area contributed by atoms with Crippen LogP contribution >= 0.6 is 0 Å². The molecule has 0 saturated carbocycles. The van der Waals surface area contributed by atoms with E-state index in [0.717, 1.165) is 0 Å². The van der Waals surface area contributed by atoms with Crippen LogP contribution in [0.5, 0.6) is 0 Å². The molecule has 0 aromatic rings. The summed E-state index contributed by atoms with van der Waals surface area (Å²) >= 11 is 0. The van der Waals surface area contributed by atoms with Crippen LogP contribution in [0.25, 0.3) is 0 Å². The summed E-state index contributed by atoms with van der Waals surface area (Å²) in [5.41, 5.74) is 9.14. The fourth-order valence-corrected chi connectivity index (χ4v) is 0. The lowest BCUT2D eigenvalue weighted by atomic mass is 10.7. The molecular formula is C4H22N6O4. The summed E-state index contributed by atoms with van der Waals surface area (Å²) in [5.74, 6) is -1.94. The van der Waals surface area contributed by atoms with E-state index in [1.807, 2.05) is 0 Å². The van der Waals surface area contributed by atoms with Crippen molar-refractivity contribution >= 4 is 11.9 Å². The first-order valence-electron chi connectivity index (χ1n) is 2.38. The highest BCUT2D eigenvalue weighted by Crippen LogP contribution is 1.44. The maximum atomic E-state index is 9.24. The van der Waals surface area contributed by atoms with Crippen LogP contribution in [0.1, 0.15) is 0 Å². The van der Waals surface area contributed by atoms with Crippen LogP contribution in [0.15, 0.2) is 0 Å². The van der Waals surface area contributed by atoms with Crippen LogP contribution < -0.4 is 36.1 Å². The average molecular weight is 218 g/mol. The Morgan fingerprint density at radius 3 is 0.857 bits per heavy atom. The molecule has 0 unspecified atom stereocenters. The highest BCUT2D eigenvalue weighted by Gasteiger charge is 1.81. The number of hydrogen-bond donors (Lipinski definition) is 8. The molecule has 14 heavy (non-hydrogen) atoms. The van der Waals surface area contributed by atoms with Gasteiger partial charge in [-0.25, -0.2) is 0 Å². The molecule has 0 aromatic heterocycles. The van der Waals surface area contributed by atoms with E-state index in [9.17, 15) is 9.59 Å². The van der Waals surface area contributed by atoms with Crippen molar-refractivity contribution in [1.29, 1.82) is 0 Å². The molecular weight excluding hydrogens is 196 g/mol. The van der Waals surface area contributed by atoms with Gasteiger partial charge in [-0.15, -0.1) is 0 Å². The molecule has 0 rings (SSSR count). The number of carboxylic acid groups (broad SMARTS) is 2. The molecule has 10 heteroatoms. The van der Waals surface area contributed by atoms with Crippen LogP contribution in [-0.4, -0.2) is 35.2 Å². The maximum Gasteiger partial charge on any atom is 0.317 e. The minimum Gasteiger partial charge on any atom is -0.480 e. The van der Waals surface area contributed by atoms with E-state index >= 15 is 0 Å². The Labute approximate surface area is 82.0 Å². The summed E-state index contributed by atoms with van der Waals surface area (Å²) in [4.78, 5) is 18.5. The average Bonchev–Trinajstić information content (AvgIpc) is 1.89. The summed E-state index contributed by atoms with van der Waals surface area (Å²) in [6.45, 7) is -0.556. The SMILES string of the molecule is N.N.N.N.NCC(=O)O.NCC(=O)O. The van der Waals surface area contributed by atoms with E-state index in [2.05, 4.69) is 11.5 Å². The van der Waals surface area contributed by atoms with E-state index in [0.29, 0.717) is 0 Å². The third kappa shape index (κ3) is 138. The van der Waals surface area contributed by atoms with Gasteiger partial charge in [0.2, 0.25) is 0 Å². The molecule has 0 amide bonds. The quantitative estimate of drug-likeness (QED) is 0.271. The fraction of sp³-hybridized carbons (Fsp3) is 0.500. The summed E-state index contributed by atoms with van der Waals surface area (Å²) < 4.78 is 0. The number of aliphatic carboxylic acids is 2. The summed E-state index contributed by atoms with van der Waals surface area (Å²) in [6.07, 6.45) is 0. The number of carbonyl (C=O) groups is 2. The first-order chi connectivity index (χ1) is 4.54. The van der Waals surface area contributed by atoms with E-state index in [1.165, 1.54) is 0 Å². The number of carboxylic acids is 2. The number of nitrogens with two attached hydrogens (primary N) is 2. The van der Waals surface area contributed by atoms with Gasteiger partial charge in [0.15, 0.2) is 0 Å². The molecule has 10 nitrogen and oxygen atoms in total. The zero-order chi connectivity index (χ0) is 8.57. The second kappa shape index (κ2) is 29.8. The van der Waals surface area contributed by atoms with Gasteiger partial charge >= 0.3 is 11.9 Å². The van der Waals surface area contributed by atoms with Crippen LogP contribution in [-0.2, 0) is 9.59 Å². The molecule has 18 N–H and O–H groups in total. The Morgan fingerprint density at radius 1 is 0.786 bits per heavy atom.